The van der Waals surface area contributed by atoms with E-state index in [1.54, 1.807) is 0 Å². The van der Waals surface area contributed by atoms with Crippen molar-refractivity contribution in [3.63, 3.8) is 0 Å². The summed E-state index contributed by atoms with van der Waals surface area (Å²) < 4.78 is 6.07. The summed E-state index contributed by atoms with van der Waals surface area (Å²) in [6.07, 6.45) is 3.45. The molecule has 1 amide bonds. The Bertz CT molecular complexity index is 326. The molecule has 0 saturated carbocycles. The Balaban J connectivity index is 2.26. The molecule has 1 saturated heterocycles. The van der Waals surface area contributed by atoms with Gasteiger partial charge in [-0.3, -0.25) is 4.79 Å². The first-order chi connectivity index (χ1) is 9.12. The van der Waals surface area contributed by atoms with Crippen molar-refractivity contribution in [1.82, 2.24) is 5.32 Å². The molecule has 0 aromatic heterocycles. The highest BCUT2D eigenvalue weighted by molar-refractivity contribution is 6.74. The van der Waals surface area contributed by atoms with E-state index in [2.05, 4.69) is 39.2 Å². The maximum Gasteiger partial charge on any atom is 0.220 e. The van der Waals surface area contributed by atoms with Crippen molar-refractivity contribution in [3.8, 4) is 0 Å². The van der Waals surface area contributed by atoms with Gasteiger partial charge in [0, 0.05) is 19.1 Å². The number of carbonyl (C=O) groups is 1. The van der Waals surface area contributed by atoms with Gasteiger partial charge in [-0.25, -0.2) is 0 Å². The van der Waals surface area contributed by atoms with Gasteiger partial charge < -0.3 is 14.8 Å². The number of amides is 1. The van der Waals surface area contributed by atoms with Crippen molar-refractivity contribution in [2.24, 2.45) is 0 Å². The minimum Gasteiger partial charge on any atom is -0.417 e. The second kappa shape index (κ2) is 7.05. The zero-order valence-electron chi connectivity index (χ0n) is 13.7. The Morgan fingerprint density at radius 1 is 1.45 bits per heavy atom. The summed E-state index contributed by atoms with van der Waals surface area (Å²) in [7, 11) is -1.72. The van der Waals surface area contributed by atoms with Crippen LogP contribution in [0.3, 0.4) is 0 Å². The third-order valence-corrected chi connectivity index (χ3v) is 9.14. The summed E-state index contributed by atoms with van der Waals surface area (Å²) >= 11 is 0. The van der Waals surface area contributed by atoms with Crippen molar-refractivity contribution in [3.05, 3.63) is 0 Å². The molecule has 118 valence electrons. The number of piperidine rings is 1. The van der Waals surface area contributed by atoms with Crippen LogP contribution in [0.4, 0.5) is 0 Å². The fraction of sp³-hybridized carbons (Fsp3) is 0.933. The van der Waals surface area contributed by atoms with E-state index in [-0.39, 0.29) is 23.1 Å². The average Bonchev–Trinajstić information content (AvgIpc) is 2.26. The minimum atomic E-state index is -1.72. The van der Waals surface area contributed by atoms with Crippen molar-refractivity contribution < 1.29 is 14.3 Å². The van der Waals surface area contributed by atoms with Gasteiger partial charge in [-0.1, -0.05) is 20.8 Å². The lowest BCUT2D eigenvalue weighted by Crippen LogP contribution is -2.42. The lowest BCUT2D eigenvalue weighted by atomic mass is 9.98. The first-order valence-electron chi connectivity index (χ1n) is 7.73. The zero-order chi connectivity index (χ0) is 15.4. The lowest BCUT2D eigenvalue weighted by molar-refractivity contribution is -0.123. The molecule has 4 nitrogen and oxygen atoms in total. The number of rotatable bonds is 6. The number of aliphatic hydroxyl groups excluding tert-OH is 1. The molecule has 0 bridgehead atoms. The first-order valence-corrected chi connectivity index (χ1v) is 10.6. The molecule has 0 aromatic carbocycles. The van der Waals surface area contributed by atoms with E-state index in [1.807, 2.05) is 0 Å². The maximum absolute atomic E-state index is 11.3. The van der Waals surface area contributed by atoms with Gasteiger partial charge in [-0.2, -0.15) is 0 Å². The molecule has 20 heavy (non-hydrogen) atoms. The largest absolute Gasteiger partial charge is 0.417 e. The molecule has 1 rings (SSSR count). The second-order valence-electron chi connectivity index (χ2n) is 7.44. The highest BCUT2D eigenvalue weighted by Crippen LogP contribution is 2.36. The normalized spacial score (nSPS) is 22.5. The standard InChI is InChI=1S/C15H31NO3Si/c1-15(2,3)20(4,5)19-10-9-13(17)11-12-7-6-8-14(18)16-12/h12-13,17H,6-11H2,1-5H3,(H,16,18)/t12-,13+/m0/s1. The summed E-state index contributed by atoms with van der Waals surface area (Å²) in [5, 5.41) is 13.2. The van der Waals surface area contributed by atoms with E-state index in [0.29, 0.717) is 25.9 Å². The topological polar surface area (TPSA) is 58.6 Å². The number of nitrogens with one attached hydrogen (secondary N) is 1. The molecule has 1 aliphatic heterocycles. The van der Waals surface area contributed by atoms with Gasteiger partial charge >= 0.3 is 0 Å². The highest BCUT2D eigenvalue weighted by Gasteiger charge is 2.37. The van der Waals surface area contributed by atoms with E-state index >= 15 is 0 Å². The molecule has 1 heterocycles. The predicted molar refractivity (Wildman–Crippen MR) is 84.2 cm³/mol. The summed E-state index contributed by atoms with van der Waals surface area (Å²) in [5.41, 5.74) is 0. The predicted octanol–water partition coefficient (Wildman–Crippen LogP) is 2.82. The maximum atomic E-state index is 11.3. The zero-order valence-corrected chi connectivity index (χ0v) is 14.7. The molecule has 2 atom stereocenters. The van der Waals surface area contributed by atoms with Gasteiger partial charge in [0.25, 0.3) is 0 Å². The van der Waals surface area contributed by atoms with Gasteiger partial charge in [-0.15, -0.1) is 0 Å². The molecule has 5 heteroatoms. The molecular weight excluding hydrogens is 270 g/mol. The van der Waals surface area contributed by atoms with Crippen molar-refractivity contribution in [1.29, 1.82) is 0 Å². The van der Waals surface area contributed by atoms with Crippen LogP contribution < -0.4 is 5.32 Å². The van der Waals surface area contributed by atoms with Crippen LogP contribution in [0.25, 0.3) is 0 Å². The fourth-order valence-corrected chi connectivity index (χ4v) is 3.23. The van der Waals surface area contributed by atoms with Gasteiger partial charge in [-0.05, 0) is 43.8 Å². The van der Waals surface area contributed by atoms with Gasteiger partial charge in [0.2, 0.25) is 5.91 Å². The van der Waals surface area contributed by atoms with E-state index in [0.717, 1.165) is 12.8 Å². The molecule has 1 fully saturated rings. The van der Waals surface area contributed by atoms with Crippen LogP contribution in [0.1, 0.15) is 52.9 Å². The fourth-order valence-electron chi connectivity index (χ4n) is 2.17. The third-order valence-electron chi connectivity index (χ3n) is 4.60. The molecule has 0 unspecified atom stereocenters. The van der Waals surface area contributed by atoms with Crippen LogP contribution in [0.15, 0.2) is 0 Å². The highest BCUT2D eigenvalue weighted by atomic mass is 28.4. The SMILES string of the molecule is CC(C)(C)[Si](C)(C)OCC[C@@H](O)C[C@@H]1CCCC(=O)N1. The van der Waals surface area contributed by atoms with Crippen LogP contribution in [-0.4, -0.2) is 38.1 Å². The molecule has 0 radical (unpaired) electrons. The Labute approximate surface area is 124 Å². The van der Waals surface area contributed by atoms with Crippen LogP contribution in [-0.2, 0) is 9.22 Å². The molecule has 0 aliphatic carbocycles. The van der Waals surface area contributed by atoms with Crippen LogP contribution in [0, 0.1) is 0 Å². The van der Waals surface area contributed by atoms with E-state index in [1.165, 1.54) is 0 Å². The molecular formula is C15H31NO3Si. The summed E-state index contributed by atoms with van der Waals surface area (Å²) in [6.45, 7) is 11.7. The van der Waals surface area contributed by atoms with Crippen LogP contribution in [0.5, 0.6) is 0 Å². The third kappa shape index (κ3) is 5.54. The number of carbonyl (C=O) groups excluding carboxylic acids is 1. The summed E-state index contributed by atoms with van der Waals surface area (Å²) in [5.74, 6) is 0.117. The molecule has 0 spiro atoms. The quantitative estimate of drug-likeness (QED) is 0.742. The Morgan fingerprint density at radius 3 is 2.65 bits per heavy atom. The van der Waals surface area contributed by atoms with Gasteiger partial charge in [0.1, 0.15) is 0 Å². The summed E-state index contributed by atoms with van der Waals surface area (Å²) in [4.78, 5) is 11.3. The smallest absolute Gasteiger partial charge is 0.220 e. The first kappa shape index (κ1) is 17.7. The summed E-state index contributed by atoms with van der Waals surface area (Å²) in [6, 6.07) is 0.138. The van der Waals surface area contributed by atoms with Gasteiger partial charge in [0.15, 0.2) is 8.32 Å². The Morgan fingerprint density at radius 2 is 2.10 bits per heavy atom. The second-order valence-corrected chi connectivity index (χ2v) is 12.3. The molecule has 2 N–H and O–H groups in total. The van der Waals surface area contributed by atoms with Crippen LogP contribution in [0.2, 0.25) is 18.1 Å². The van der Waals surface area contributed by atoms with Crippen molar-refractivity contribution in [2.75, 3.05) is 6.61 Å². The Hall–Kier alpha value is -0.393. The van der Waals surface area contributed by atoms with E-state index in [4.69, 9.17) is 4.43 Å². The van der Waals surface area contributed by atoms with E-state index in [9.17, 15) is 9.90 Å². The number of aliphatic hydroxyl groups is 1. The number of hydrogen-bond acceptors (Lipinski definition) is 3. The lowest BCUT2D eigenvalue weighted by Gasteiger charge is -2.36. The average molecular weight is 302 g/mol. The molecule has 0 aromatic rings. The van der Waals surface area contributed by atoms with E-state index < -0.39 is 8.32 Å². The Kier molecular flexibility index (Phi) is 6.22. The molecule has 1 aliphatic rings. The van der Waals surface area contributed by atoms with Gasteiger partial charge in [0.05, 0.1) is 6.10 Å². The monoisotopic (exact) mass is 301 g/mol. The number of hydrogen-bond donors (Lipinski definition) is 2. The van der Waals surface area contributed by atoms with Crippen molar-refractivity contribution in [2.45, 2.75) is 83.2 Å². The minimum absolute atomic E-state index is 0.117. The van der Waals surface area contributed by atoms with Crippen molar-refractivity contribution >= 4 is 14.2 Å². The van der Waals surface area contributed by atoms with Crippen LogP contribution >= 0.6 is 0 Å².